The lowest BCUT2D eigenvalue weighted by molar-refractivity contribution is 0.00692. The number of aromatic nitrogens is 2. The minimum atomic E-state index is -1.52. The Kier molecular flexibility index (Phi) is 7.59. The number of nitriles is 1. The van der Waals surface area contributed by atoms with Crippen molar-refractivity contribution in [3.63, 3.8) is 0 Å². The third kappa shape index (κ3) is 5.34. The number of carbonyl (C=O) groups is 2. The first-order valence-electron chi connectivity index (χ1n) is 11.9. The van der Waals surface area contributed by atoms with Crippen molar-refractivity contribution in [2.75, 3.05) is 25.5 Å². The van der Waals surface area contributed by atoms with E-state index < -0.39 is 23.7 Å². The highest BCUT2D eigenvalue weighted by Crippen LogP contribution is 2.37. The molecule has 2 unspecified atom stereocenters. The molecule has 10 nitrogen and oxygen atoms in total. The molecule has 2 heterocycles. The molecular weight excluding hydrogens is 479 g/mol. The summed E-state index contributed by atoms with van der Waals surface area (Å²) in [6, 6.07) is 7.52. The van der Waals surface area contributed by atoms with Gasteiger partial charge in [0, 0.05) is 31.4 Å². The van der Waals surface area contributed by atoms with Crippen molar-refractivity contribution in [2.45, 2.75) is 43.9 Å². The number of halogens is 1. The van der Waals surface area contributed by atoms with Crippen LogP contribution in [0.15, 0.2) is 42.6 Å². The van der Waals surface area contributed by atoms with E-state index >= 15 is 4.39 Å². The van der Waals surface area contributed by atoms with Crippen LogP contribution in [-0.2, 0) is 16.8 Å². The number of alkyl halides is 1. The van der Waals surface area contributed by atoms with Gasteiger partial charge in [-0.3, -0.25) is 19.7 Å². The number of likely N-dealkylation sites (tertiary alicyclic amines) is 1. The summed E-state index contributed by atoms with van der Waals surface area (Å²) in [5.41, 5.74) is 6.54. The van der Waals surface area contributed by atoms with Crippen molar-refractivity contribution in [1.29, 1.82) is 5.26 Å². The Morgan fingerprint density at radius 3 is 2.84 bits per heavy atom. The number of ether oxygens (including phenoxy) is 1. The molecule has 0 spiro atoms. The summed E-state index contributed by atoms with van der Waals surface area (Å²) in [7, 11) is 1.15. The Bertz CT molecular complexity index is 1300. The van der Waals surface area contributed by atoms with E-state index in [0.717, 1.165) is 36.7 Å². The number of rotatable bonds is 7. The summed E-state index contributed by atoms with van der Waals surface area (Å²) >= 11 is 0. The molecule has 1 aromatic heterocycles. The lowest BCUT2D eigenvalue weighted by Crippen LogP contribution is -2.54. The molecule has 194 valence electrons. The fraction of sp³-hybridized carbons (Fsp3) is 0.385. The molecule has 37 heavy (non-hydrogen) atoms. The third-order valence-electron chi connectivity index (χ3n) is 6.86. The van der Waals surface area contributed by atoms with Gasteiger partial charge in [-0.15, -0.1) is 0 Å². The number of amides is 2. The molecule has 1 aromatic carbocycles. The van der Waals surface area contributed by atoms with Crippen molar-refractivity contribution in [3.8, 4) is 11.8 Å². The summed E-state index contributed by atoms with van der Waals surface area (Å²) < 4.78 is 21.6. The second-order valence-corrected chi connectivity index (χ2v) is 9.20. The maximum Gasteiger partial charge on any atom is 0.412 e. The van der Waals surface area contributed by atoms with Crippen molar-refractivity contribution in [2.24, 2.45) is 5.73 Å². The van der Waals surface area contributed by atoms with Gasteiger partial charge in [0.1, 0.15) is 23.0 Å². The molecule has 0 radical (unpaired) electrons. The van der Waals surface area contributed by atoms with Gasteiger partial charge in [-0.2, -0.15) is 10.4 Å². The normalized spacial score (nSPS) is 21.6. The van der Waals surface area contributed by atoms with Crippen LogP contribution < -0.4 is 11.1 Å². The number of benzene rings is 1. The number of allylic oxidation sites excluding steroid dienone is 4. The molecule has 11 heteroatoms. The Morgan fingerprint density at radius 2 is 2.22 bits per heavy atom. The number of methoxy groups -OCH3 is 1. The van der Waals surface area contributed by atoms with Gasteiger partial charge in [-0.25, -0.2) is 9.18 Å². The topological polar surface area (TPSA) is 146 Å². The number of hydrogen-bond acceptors (Lipinski definition) is 7. The van der Waals surface area contributed by atoms with E-state index in [-0.39, 0.29) is 36.5 Å². The highest BCUT2D eigenvalue weighted by molar-refractivity contribution is 6.00. The molecule has 4 rings (SSSR count). The van der Waals surface area contributed by atoms with Gasteiger partial charge in [0.25, 0.3) is 5.91 Å². The van der Waals surface area contributed by atoms with Gasteiger partial charge in [0.15, 0.2) is 5.82 Å². The van der Waals surface area contributed by atoms with Crippen LogP contribution in [0.5, 0.6) is 5.75 Å². The number of phenolic OH excluding ortho intramolecular Hbond substituents is 1. The number of nitrogens with two attached hydrogens (primary N) is 1. The average Bonchev–Trinajstić information content (AvgIpc) is 3.31. The molecule has 4 N–H and O–H groups in total. The lowest BCUT2D eigenvalue weighted by Gasteiger charge is -2.43. The number of hydrogen-bond donors (Lipinski definition) is 3. The van der Waals surface area contributed by atoms with E-state index in [1.165, 1.54) is 10.9 Å². The van der Waals surface area contributed by atoms with E-state index in [0.29, 0.717) is 13.1 Å². The molecule has 2 amide bonds. The minimum absolute atomic E-state index is 0.00358. The monoisotopic (exact) mass is 508 g/mol. The summed E-state index contributed by atoms with van der Waals surface area (Å²) in [6.45, 7) is 0.847. The van der Waals surface area contributed by atoms with Crippen LogP contribution in [0.1, 0.15) is 47.2 Å². The highest BCUT2D eigenvalue weighted by atomic mass is 19.1. The quantitative estimate of drug-likeness (QED) is 0.519. The summed E-state index contributed by atoms with van der Waals surface area (Å²) in [6.07, 6.45) is 6.99. The zero-order valence-electron chi connectivity index (χ0n) is 20.5. The fourth-order valence-corrected chi connectivity index (χ4v) is 4.83. The average molecular weight is 509 g/mol. The largest absolute Gasteiger partial charge is 0.507 e. The van der Waals surface area contributed by atoms with Gasteiger partial charge in [-0.1, -0.05) is 30.4 Å². The van der Waals surface area contributed by atoms with Crippen molar-refractivity contribution in [1.82, 2.24) is 14.7 Å². The molecule has 1 aliphatic heterocycles. The molecule has 2 aliphatic rings. The van der Waals surface area contributed by atoms with Gasteiger partial charge in [-0.05, 0) is 36.5 Å². The van der Waals surface area contributed by atoms with Crippen LogP contribution in [0.25, 0.3) is 5.57 Å². The van der Waals surface area contributed by atoms with E-state index in [1.807, 2.05) is 29.2 Å². The first kappa shape index (κ1) is 25.9. The van der Waals surface area contributed by atoms with E-state index in [9.17, 15) is 20.0 Å². The number of piperidine rings is 1. The third-order valence-corrected chi connectivity index (χ3v) is 6.86. The molecule has 0 bridgehead atoms. The Labute approximate surface area is 213 Å². The van der Waals surface area contributed by atoms with Gasteiger partial charge < -0.3 is 15.6 Å². The smallest absolute Gasteiger partial charge is 0.412 e. The maximum atomic E-state index is 15.8. The Hall–Kier alpha value is -4.17. The number of anilines is 1. The number of primary amides is 1. The zero-order chi connectivity index (χ0) is 26.6. The van der Waals surface area contributed by atoms with Gasteiger partial charge >= 0.3 is 6.09 Å². The maximum absolute atomic E-state index is 15.8. The number of carbonyl (C=O) groups excluding carboxylic acids is 2. The van der Waals surface area contributed by atoms with Crippen molar-refractivity contribution in [3.05, 3.63) is 59.3 Å². The molecule has 1 fully saturated rings. The fourth-order valence-electron chi connectivity index (χ4n) is 4.83. The van der Waals surface area contributed by atoms with Crippen LogP contribution in [-0.4, -0.2) is 58.2 Å². The van der Waals surface area contributed by atoms with Crippen LogP contribution in [0.4, 0.5) is 15.0 Å². The van der Waals surface area contributed by atoms with Crippen LogP contribution >= 0.6 is 0 Å². The number of nitrogens with zero attached hydrogens (tertiary/aromatic N) is 4. The van der Waals surface area contributed by atoms with Crippen LogP contribution in [0, 0.1) is 11.3 Å². The molecular formula is C26H29FN6O4. The van der Waals surface area contributed by atoms with E-state index in [2.05, 4.69) is 27.3 Å². The predicted octanol–water partition coefficient (Wildman–Crippen LogP) is 3.45. The van der Waals surface area contributed by atoms with Crippen molar-refractivity contribution < 1.29 is 23.8 Å². The molecule has 2 atom stereocenters. The number of aromatic hydroxyl groups is 1. The SMILES string of the molecule is COC(=O)Nc1nn(C2(CC#N)CCN(Cc3ccc(C4=CCCC=C4)c(O)c3)CC2F)cc1C(N)=O. The summed E-state index contributed by atoms with van der Waals surface area (Å²) in [5, 5.41) is 26.6. The highest BCUT2D eigenvalue weighted by Gasteiger charge is 2.46. The first-order chi connectivity index (χ1) is 17.8. The summed E-state index contributed by atoms with van der Waals surface area (Å²) in [4.78, 5) is 25.5. The molecule has 2 aromatic rings. The number of phenols is 1. The van der Waals surface area contributed by atoms with E-state index in [4.69, 9.17) is 5.73 Å². The van der Waals surface area contributed by atoms with E-state index in [1.54, 1.807) is 6.07 Å². The van der Waals surface area contributed by atoms with Gasteiger partial charge in [0.2, 0.25) is 0 Å². The first-order valence-corrected chi connectivity index (χ1v) is 11.9. The Balaban J connectivity index is 1.53. The second-order valence-electron chi connectivity index (χ2n) is 9.20. The van der Waals surface area contributed by atoms with Crippen LogP contribution in [0.2, 0.25) is 0 Å². The Morgan fingerprint density at radius 1 is 1.41 bits per heavy atom. The second kappa shape index (κ2) is 10.8. The molecule has 1 saturated heterocycles. The standard InChI is InChI=1S/C26H29FN6O4/c1-37-25(36)30-24-20(23(29)35)15-33(31-24)26(9-11-28)10-12-32(16-22(26)27)14-17-7-8-19(21(34)13-17)18-5-3-2-4-6-18/h3,5-8,13,15,22,34H,2,4,9-10,12,14,16H2,1H3,(H2,29,35)(H,30,31,36). The summed E-state index contributed by atoms with van der Waals surface area (Å²) in [5.74, 6) is -0.853. The molecule has 1 aliphatic carbocycles. The minimum Gasteiger partial charge on any atom is -0.507 e. The predicted molar refractivity (Wildman–Crippen MR) is 134 cm³/mol. The lowest BCUT2D eigenvalue weighted by atomic mass is 9.83. The van der Waals surface area contributed by atoms with Crippen molar-refractivity contribution >= 4 is 23.4 Å². The van der Waals surface area contributed by atoms with Gasteiger partial charge in [0.05, 0.1) is 19.6 Å². The van der Waals surface area contributed by atoms with Crippen LogP contribution in [0.3, 0.4) is 0 Å². The zero-order valence-corrected chi connectivity index (χ0v) is 20.5. The molecule has 0 saturated carbocycles. The number of nitrogens with one attached hydrogen (secondary N) is 1.